The maximum absolute atomic E-state index is 12.5. The van der Waals surface area contributed by atoms with Crippen LogP contribution < -0.4 is 5.73 Å². The number of carbonyl (C=O) groups is 2. The van der Waals surface area contributed by atoms with Gasteiger partial charge in [0.1, 0.15) is 9.88 Å². The summed E-state index contributed by atoms with van der Waals surface area (Å²) < 4.78 is 0. The summed E-state index contributed by atoms with van der Waals surface area (Å²) in [6, 6.07) is 0.0370. The van der Waals surface area contributed by atoms with Gasteiger partial charge in [-0.25, -0.2) is 4.98 Å². The van der Waals surface area contributed by atoms with E-state index in [1.165, 1.54) is 17.5 Å². The zero-order chi connectivity index (χ0) is 14.1. The Morgan fingerprint density at radius 3 is 2.65 bits per heavy atom. The molecular weight excluding hydrogens is 274 g/mol. The van der Waals surface area contributed by atoms with Crippen molar-refractivity contribution < 1.29 is 9.59 Å². The van der Waals surface area contributed by atoms with Gasteiger partial charge in [-0.3, -0.25) is 9.59 Å². The number of carbonyl (C=O) groups excluding carboxylic acids is 2. The number of nitrogens with two attached hydrogens (primary N) is 1. The summed E-state index contributed by atoms with van der Waals surface area (Å²) in [4.78, 5) is 30.5. The standard InChI is InChI=1S/C14H19N3O2S/c15-12(18)11-8-16-13(20-11)10-6-1-2-7-17(10)14(19)9-4-3-5-9/h8-10H,1-7H2,(H2,15,18)/t10-/m1/s1. The van der Waals surface area contributed by atoms with E-state index in [1.54, 1.807) is 0 Å². The monoisotopic (exact) mass is 293 g/mol. The molecule has 2 N–H and O–H groups in total. The number of primary amides is 1. The number of hydrogen-bond donors (Lipinski definition) is 1. The lowest BCUT2D eigenvalue weighted by atomic mass is 9.83. The first kappa shape index (κ1) is 13.5. The molecule has 1 aromatic rings. The molecule has 1 saturated heterocycles. The third kappa shape index (κ3) is 2.44. The Balaban J connectivity index is 1.80. The van der Waals surface area contributed by atoms with Crippen molar-refractivity contribution in [2.24, 2.45) is 11.7 Å². The molecule has 3 rings (SSSR count). The van der Waals surface area contributed by atoms with Crippen molar-refractivity contribution in [3.05, 3.63) is 16.1 Å². The first-order chi connectivity index (χ1) is 9.66. The summed E-state index contributed by atoms with van der Waals surface area (Å²) in [7, 11) is 0. The van der Waals surface area contributed by atoms with Crippen molar-refractivity contribution in [3.8, 4) is 0 Å². The molecule has 108 valence electrons. The first-order valence-electron chi connectivity index (χ1n) is 7.23. The fraction of sp³-hybridized carbons (Fsp3) is 0.643. The lowest BCUT2D eigenvalue weighted by Crippen LogP contribution is -2.43. The summed E-state index contributed by atoms with van der Waals surface area (Å²) in [6.07, 6.45) is 7.83. The highest BCUT2D eigenvalue weighted by Gasteiger charge is 2.36. The van der Waals surface area contributed by atoms with Crippen LogP contribution >= 0.6 is 11.3 Å². The molecule has 2 heterocycles. The van der Waals surface area contributed by atoms with Crippen LogP contribution in [0.2, 0.25) is 0 Å². The minimum atomic E-state index is -0.443. The molecule has 0 unspecified atom stereocenters. The SMILES string of the molecule is NC(=O)c1cnc([C@H]2CCCCN2C(=O)C2CCC2)s1. The van der Waals surface area contributed by atoms with Crippen LogP contribution in [0.1, 0.15) is 59.2 Å². The van der Waals surface area contributed by atoms with E-state index in [-0.39, 0.29) is 17.9 Å². The molecule has 0 radical (unpaired) electrons. The van der Waals surface area contributed by atoms with Gasteiger partial charge in [-0.1, -0.05) is 6.42 Å². The smallest absolute Gasteiger partial charge is 0.260 e. The average Bonchev–Trinajstić information content (AvgIpc) is 2.86. The molecule has 2 amide bonds. The molecule has 6 heteroatoms. The van der Waals surface area contributed by atoms with Crippen molar-refractivity contribution in [3.63, 3.8) is 0 Å². The highest BCUT2D eigenvalue weighted by Crippen LogP contribution is 2.37. The second-order valence-electron chi connectivity index (χ2n) is 5.60. The third-order valence-electron chi connectivity index (χ3n) is 4.29. The van der Waals surface area contributed by atoms with E-state index in [9.17, 15) is 9.59 Å². The van der Waals surface area contributed by atoms with Crippen LogP contribution in [0.25, 0.3) is 0 Å². The number of rotatable bonds is 3. The highest BCUT2D eigenvalue weighted by atomic mass is 32.1. The summed E-state index contributed by atoms with van der Waals surface area (Å²) in [5.41, 5.74) is 5.28. The molecule has 1 atom stereocenters. The lowest BCUT2D eigenvalue weighted by molar-refractivity contribution is -0.142. The quantitative estimate of drug-likeness (QED) is 0.927. The van der Waals surface area contributed by atoms with E-state index < -0.39 is 5.91 Å². The van der Waals surface area contributed by atoms with Crippen LogP contribution in [-0.4, -0.2) is 28.2 Å². The molecule has 2 fully saturated rings. The molecule has 0 spiro atoms. The fourth-order valence-electron chi connectivity index (χ4n) is 2.90. The van der Waals surface area contributed by atoms with Crippen molar-refractivity contribution in [2.45, 2.75) is 44.6 Å². The zero-order valence-electron chi connectivity index (χ0n) is 11.4. The third-order valence-corrected chi connectivity index (χ3v) is 5.40. The van der Waals surface area contributed by atoms with Crippen LogP contribution in [0.4, 0.5) is 0 Å². The summed E-state index contributed by atoms with van der Waals surface area (Å²) >= 11 is 1.33. The second kappa shape index (κ2) is 5.52. The van der Waals surface area contributed by atoms with Gasteiger partial charge in [0.15, 0.2) is 0 Å². The molecular formula is C14H19N3O2S. The molecule has 1 aliphatic heterocycles. The Morgan fingerprint density at radius 1 is 1.25 bits per heavy atom. The molecule has 1 aliphatic carbocycles. The topological polar surface area (TPSA) is 76.3 Å². The summed E-state index contributed by atoms with van der Waals surface area (Å²) in [6.45, 7) is 0.811. The van der Waals surface area contributed by atoms with E-state index >= 15 is 0 Å². The van der Waals surface area contributed by atoms with E-state index in [1.807, 2.05) is 4.90 Å². The van der Waals surface area contributed by atoms with E-state index in [2.05, 4.69) is 4.98 Å². The molecule has 5 nitrogen and oxygen atoms in total. The van der Waals surface area contributed by atoms with Gasteiger partial charge in [0.25, 0.3) is 5.91 Å². The van der Waals surface area contributed by atoms with Gasteiger partial charge >= 0.3 is 0 Å². The summed E-state index contributed by atoms with van der Waals surface area (Å²) in [5.74, 6) is 0.0457. The number of aromatic nitrogens is 1. The maximum atomic E-state index is 12.5. The van der Waals surface area contributed by atoms with Crippen LogP contribution in [0.5, 0.6) is 0 Å². The Kier molecular flexibility index (Phi) is 3.74. The summed E-state index contributed by atoms with van der Waals surface area (Å²) in [5, 5.41) is 0.853. The normalized spacial score (nSPS) is 23.4. The van der Waals surface area contributed by atoms with Gasteiger partial charge in [-0.2, -0.15) is 0 Å². The van der Waals surface area contributed by atoms with Crippen molar-refractivity contribution in [1.82, 2.24) is 9.88 Å². The number of likely N-dealkylation sites (tertiary alicyclic amines) is 1. The zero-order valence-corrected chi connectivity index (χ0v) is 12.2. The first-order valence-corrected chi connectivity index (χ1v) is 8.04. The fourth-order valence-corrected chi connectivity index (χ4v) is 3.82. The lowest BCUT2D eigenvalue weighted by Gasteiger charge is -2.39. The van der Waals surface area contributed by atoms with Gasteiger partial charge in [-0.15, -0.1) is 11.3 Å². The maximum Gasteiger partial charge on any atom is 0.260 e. The van der Waals surface area contributed by atoms with Gasteiger partial charge in [-0.05, 0) is 32.1 Å². The number of nitrogens with zero attached hydrogens (tertiary/aromatic N) is 2. The van der Waals surface area contributed by atoms with E-state index in [4.69, 9.17) is 5.73 Å². The van der Waals surface area contributed by atoms with E-state index in [0.717, 1.165) is 50.1 Å². The minimum Gasteiger partial charge on any atom is -0.365 e. The Hall–Kier alpha value is -1.43. The number of piperidine rings is 1. The number of amides is 2. The van der Waals surface area contributed by atoms with Gasteiger partial charge in [0.2, 0.25) is 5.91 Å². The Morgan fingerprint density at radius 2 is 2.05 bits per heavy atom. The predicted molar refractivity (Wildman–Crippen MR) is 76.3 cm³/mol. The average molecular weight is 293 g/mol. The Bertz CT molecular complexity index is 524. The largest absolute Gasteiger partial charge is 0.365 e. The number of hydrogen-bond acceptors (Lipinski definition) is 4. The molecule has 0 bridgehead atoms. The Labute approximate surface area is 122 Å². The van der Waals surface area contributed by atoms with Crippen LogP contribution in [0, 0.1) is 5.92 Å². The van der Waals surface area contributed by atoms with Crippen molar-refractivity contribution in [1.29, 1.82) is 0 Å². The highest BCUT2D eigenvalue weighted by molar-refractivity contribution is 7.13. The molecule has 0 aromatic carbocycles. The molecule has 20 heavy (non-hydrogen) atoms. The predicted octanol–water partition coefficient (Wildman–Crippen LogP) is 2.10. The van der Waals surface area contributed by atoms with Crippen LogP contribution in [0.3, 0.4) is 0 Å². The molecule has 1 aromatic heterocycles. The van der Waals surface area contributed by atoms with Crippen molar-refractivity contribution in [2.75, 3.05) is 6.54 Å². The van der Waals surface area contributed by atoms with Gasteiger partial charge in [0, 0.05) is 12.5 Å². The number of thiazole rings is 1. The van der Waals surface area contributed by atoms with Crippen LogP contribution in [-0.2, 0) is 4.79 Å². The molecule has 1 saturated carbocycles. The van der Waals surface area contributed by atoms with Gasteiger partial charge in [0.05, 0.1) is 12.2 Å². The van der Waals surface area contributed by atoms with Crippen LogP contribution in [0.15, 0.2) is 6.20 Å². The molecule has 2 aliphatic rings. The second-order valence-corrected chi connectivity index (χ2v) is 6.66. The van der Waals surface area contributed by atoms with Crippen molar-refractivity contribution >= 4 is 23.2 Å². The van der Waals surface area contributed by atoms with Gasteiger partial charge < -0.3 is 10.6 Å². The minimum absolute atomic E-state index is 0.0370. The van der Waals surface area contributed by atoms with E-state index in [0.29, 0.717) is 4.88 Å².